The van der Waals surface area contributed by atoms with Crippen molar-refractivity contribution in [1.29, 1.82) is 0 Å². The second kappa shape index (κ2) is 15.0. The summed E-state index contributed by atoms with van der Waals surface area (Å²) in [6.07, 6.45) is 23.5. The van der Waals surface area contributed by atoms with E-state index in [4.69, 9.17) is 10.8 Å². The minimum Gasteiger partial charge on any atom is -0.481 e. The summed E-state index contributed by atoms with van der Waals surface area (Å²) in [5.41, 5.74) is 7.84. The Kier molecular flexibility index (Phi) is 12.5. The van der Waals surface area contributed by atoms with Gasteiger partial charge in [0.05, 0.1) is 12.2 Å². The molecule has 0 aromatic rings. The predicted molar refractivity (Wildman–Crippen MR) is 174 cm³/mol. The minimum absolute atomic E-state index is 0.0298. The first-order valence-electron chi connectivity index (χ1n) is 17.0. The van der Waals surface area contributed by atoms with Gasteiger partial charge in [-0.1, -0.05) is 70.1 Å². The summed E-state index contributed by atoms with van der Waals surface area (Å²) in [5.74, 6) is 2.58. The van der Waals surface area contributed by atoms with Crippen LogP contribution in [-0.4, -0.2) is 39.0 Å². The maximum absolute atomic E-state index is 10.6. The van der Waals surface area contributed by atoms with E-state index in [0.29, 0.717) is 18.3 Å². The topological polar surface area (TPSA) is 104 Å². The number of rotatable bonds is 14. The molecule has 5 aliphatic carbocycles. The number of aliphatic hydroxyl groups excluding tert-OH is 2. The van der Waals surface area contributed by atoms with Crippen LogP contribution in [0.3, 0.4) is 0 Å². The lowest BCUT2D eigenvalue weighted by Gasteiger charge is -2.58. The van der Waals surface area contributed by atoms with Gasteiger partial charge in [0, 0.05) is 17.9 Å². The number of unbranched alkanes of at least 4 members (excludes halogenated alkanes) is 2. The van der Waals surface area contributed by atoms with E-state index in [9.17, 15) is 15.0 Å². The average Bonchev–Trinajstić information content (AvgIpc) is 3.12. The van der Waals surface area contributed by atoms with Gasteiger partial charge in [-0.3, -0.25) is 4.79 Å². The van der Waals surface area contributed by atoms with Gasteiger partial charge in [0.15, 0.2) is 0 Å². The number of carbonyl (C=O) groups is 1. The molecule has 1 unspecified atom stereocenters. The Bertz CT molecular complexity index is 907. The normalized spacial score (nSPS) is 33.4. The van der Waals surface area contributed by atoms with Crippen LogP contribution in [0.4, 0.5) is 0 Å². The van der Waals surface area contributed by atoms with E-state index in [-0.39, 0.29) is 29.2 Å². The lowest BCUT2D eigenvalue weighted by Crippen LogP contribution is -2.50. The molecule has 0 aliphatic heterocycles. The summed E-state index contributed by atoms with van der Waals surface area (Å²) < 4.78 is 0. The first-order valence-corrected chi connectivity index (χ1v) is 17.0. The molecule has 5 heteroatoms. The number of hydrogen-bond donors (Lipinski definition) is 4. The molecule has 5 nitrogen and oxygen atoms in total. The lowest BCUT2D eigenvalue weighted by molar-refractivity contribution is -0.137. The van der Waals surface area contributed by atoms with Crippen molar-refractivity contribution in [2.75, 3.05) is 0 Å². The van der Waals surface area contributed by atoms with Gasteiger partial charge in [-0.15, -0.1) is 0 Å². The van der Waals surface area contributed by atoms with Crippen molar-refractivity contribution in [2.24, 2.45) is 46.2 Å². The molecule has 0 radical (unpaired) electrons. The van der Waals surface area contributed by atoms with Crippen LogP contribution < -0.4 is 5.73 Å². The molecule has 4 atom stereocenters. The Morgan fingerprint density at radius 2 is 1.67 bits per heavy atom. The van der Waals surface area contributed by atoms with E-state index in [1.165, 1.54) is 25.7 Å². The van der Waals surface area contributed by atoms with Crippen molar-refractivity contribution in [2.45, 2.75) is 149 Å². The molecule has 5 saturated carbocycles. The quantitative estimate of drug-likeness (QED) is 0.121. The van der Waals surface area contributed by atoms with E-state index >= 15 is 0 Å². The van der Waals surface area contributed by atoms with E-state index in [2.05, 4.69) is 47.3 Å². The Morgan fingerprint density at radius 1 is 1.07 bits per heavy atom. The fourth-order valence-electron chi connectivity index (χ4n) is 9.16. The lowest BCUT2D eigenvalue weighted by atomic mass is 9.48. The molecule has 240 valence electrons. The predicted octanol–water partition coefficient (Wildman–Crippen LogP) is 8.20. The average molecular weight is 586 g/mol. The maximum atomic E-state index is 10.6. The number of carboxylic acid groups (broad SMARTS) is 1. The van der Waals surface area contributed by atoms with Gasteiger partial charge in [0.2, 0.25) is 0 Å². The summed E-state index contributed by atoms with van der Waals surface area (Å²) in [7, 11) is 0. The molecule has 0 saturated heterocycles. The molecule has 4 bridgehead atoms. The summed E-state index contributed by atoms with van der Waals surface area (Å²) in [4.78, 5) is 10.5. The van der Waals surface area contributed by atoms with Crippen molar-refractivity contribution in [3.05, 3.63) is 36.5 Å². The number of aliphatic carboxylic acids is 1. The monoisotopic (exact) mass is 585 g/mol. The molecule has 5 aliphatic rings. The first kappa shape index (κ1) is 35.1. The van der Waals surface area contributed by atoms with E-state index in [1.807, 2.05) is 18.2 Å². The summed E-state index contributed by atoms with van der Waals surface area (Å²) in [6, 6.07) is 0. The zero-order valence-corrected chi connectivity index (χ0v) is 27.5. The number of nitrogens with two attached hydrogens (primary N) is 1. The molecule has 0 amide bonds. The number of hydrogen-bond acceptors (Lipinski definition) is 4. The first-order chi connectivity index (χ1) is 19.6. The van der Waals surface area contributed by atoms with Crippen LogP contribution in [0.1, 0.15) is 131 Å². The SMILES string of the molecule is C=C1C[C@@H](O)C(/C=C/[C@@H](O)C(C)(C)CCCC)[C@H]1C/C=C/CCCC(=O)O.CC(C)(N)CC12CC3CC(CC(C3)C1)C2. The smallest absolute Gasteiger partial charge is 0.303 e. The Hall–Kier alpha value is -1.43. The minimum atomic E-state index is -0.763. The molecule has 0 spiro atoms. The molecule has 0 aromatic carbocycles. The third-order valence-corrected chi connectivity index (χ3v) is 10.7. The highest BCUT2D eigenvalue weighted by atomic mass is 16.4. The highest BCUT2D eigenvalue weighted by Gasteiger charge is 2.51. The Morgan fingerprint density at radius 3 is 2.19 bits per heavy atom. The van der Waals surface area contributed by atoms with Gasteiger partial charge in [0.25, 0.3) is 0 Å². The third kappa shape index (κ3) is 10.3. The van der Waals surface area contributed by atoms with Crippen molar-refractivity contribution in [1.82, 2.24) is 0 Å². The summed E-state index contributed by atoms with van der Waals surface area (Å²) in [6.45, 7) is 14.9. The van der Waals surface area contributed by atoms with Crippen LogP contribution in [0.15, 0.2) is 36.5 Å². The van der Waals surface area contributed by atoms with Crippen molar-refractivity contribution >= 4 is 5.97 Å². The van der Waals surface area contributed by atoms with Crippen LogP contribution in [0.5, 0.6) is 0 Å². The zero-order valence-electron chi connectivity index (χ0n) is 27.5. The van der Waals surface area contributed by atoms with Gasteiger partial charge < -0.3 is 21.1 Å². The van der Waals surface area contributed by atoms with Gasteiger partial charge in [0.1, 0.15) is 0 Å². The molecular formula is C37H63NO4. The maximum Gasteiger partial charge on any atom is 0.303 e. The fourth-order valence-corrected chi connectivity index (χ4v) is 9.16. The summed E-state index contributed by atoms with van der Waals surface area (Å²) in [5, 5.41) is 29.6. The molecule has 5 N–H and O–H groups in total. The fraction of sp³-hybridized carbons (Fsp3) is 0.811. The Balaban J connectivity index is 0.000000267. The third-order valence-electron chi connectivity index (χ3n) is 10.7. The van der Waals surface area contributed by atoms with Gasteiger partial charge in [-0.05, 0) is 125 Å². The highest BCUT2D eigenvalue weighted by Crippen LogP contribution is 2.62. The van der Waals surface area contributed by atoms with Gasteiger partial charge >= 0.3 is 5.97 Å². The van der Waals surface area contributed by atoms with E-state index < -0.39 is 18.2 Å². The second-order valence-electron chi connectivity index (χ2n) is 16.1. The number of aliphatic hydroxyl groups is 2. The molecule has 0 heterocycles. The van der Waals surface area contributed by atoms with Crippen molar-refractivity contribution in [3.8, 4) is 0 Å². The molecular weight excluding hydrogens is 522 g/mol. The van der Waals surface area contributed by atoms with Crippen molar-refractivity contribution < 1.29 is 20.1 Å². The Labute approximate surface area is 257 Å². The second-order valence-corrected chi connectivity index (χ2v) is 16.1. The van der Waals surface area contributed by atoms with E-state index in [1.54, 1.807) is 19.3 Å². The van der Waals surface area contributed by atoms with Crippen LogP contribution in [0, 0.1) is 40.4 Å². The van der Waals surface area contributed by atoms with Gasteiger partial charge in [-0.25, -0.2) is 0 Å². The van der Waals surface area contributed by atoms with Crippen LogP contribution in [-0.2, 0) is 4.79 Å². The summed E-state index contributed by atoms with van der Waals surface area (Å²) >= 11 is 0. The van der Waals surface area contributed by atoms with Crippen molar-refractivity contribution in [3.63, 3.8) is 0 Å². The zero-order chi connectivity index (χ0) is 31.1. The van der Waals surface area contributed by atoms with E-state index in [0.717, 1.165) is 55.4 Å². The molecule has 42 heavy (non-hydrogen) atoms. The van der Waals surface area contributed by atoms with Crippen LogP contribution in [0.2, 0.25) is 0 Å². The highest BCUT2D eigenvalue weighted by molar-refractivity contribution is 5.66. The van der Waals surface area contributed by atoms with Crippen LogP contribution >= 0.6 is 0 Å². The largest absolute Gasteiger partial charge is 0.481 e. The standard InChI is InChI=1S/C23H38O4.C14H25N/c1-5-6-15-23(3,4)21(25)14-13-19-18(17(2)16-20(19)24)11-9-7-8-10-12-22(26)27;1-13(2,15)9-14-6-10-3-11(7-14)5-12(4-10)8-14/h7,9,13-14,18-21,24-25H,2,5-6,8,10-12,15-16H2,1,3-4H3,(H,26,27);10-12H,3-9,15H2,1-2H3/b9-7+,14-13+;/t18-,19?,20+,21+;/m0./s1. The number of allylic oxidation sites excluding steroid dienone is 2. The number of carboxylic acids is 1. The molecule has 5 fully saturated rings. The van der Waals surface area contributed by atoms with Gasteiger partial charge in [-0.2, -0.15) is 0 Å². The van der Waals surface area contributed by atoms with Crippen LogP contribution in [0.25, 0.3) is 0 Å². The molecule has 5 rings (SSSR count). The molecule has 0 aromatic heterocycles.